The molecule has 8 nitrogen and oxygen atoms in total. The van der Waals surface area contributed by atoms with Crippen LogP contribution in [0.15, 0.2) is 21.7 Å². The van der Waals surface area contributed by atoms with E-state index in [2.05, 4.69) is 5.10 Å². The van der Waals surface area contributed by atoms with Gasteiger partial charge in [-0.25, -0.2) is 4.68 Å². The number of aromatic amines is 1. The van der Waals surface area contributed by atoms with Gasteiger partial charge < -0.3 is 9.64 Å². The molecule has 0 radical (unpaired) electrons. The standard InChI is InChI=1S/C11H15N3O5/c1-3-19-11(18)7-13(2)10(17)6-14-9(16)5-4-8(15)12-14/h4-5H,3,6-7H2,1-2H3,(H,12,15). The maximum atomic E-state index is 11.8. The number of hydrogen-bond acceptors (Lipinski definition) is 5. The van der Waals surface area contributed by atoms with Crippen LogP contribution in [0.1, 0.15) is 6.92 Å². The third-order valence-corrected chi connectivity index (χ3v) is 2.28. The highest BCUT2D eigenvalue weighted by molar-refractivity contribution is 5.81. The zero-order chi connectivity index (χ0) is 14.4. The van der Waals surface area contributed by atoms with Crippen LogP contribution in [0.5, 0.6) is 0 Å². The lowest BCUT2D eigenvalue weighted by atomic mass is 10.4. The molecule has 1 heterocycles. The van der Waals surface area contributed by atoms with Gasteiger partial charge in [0.05, 0.1) is 6.61 Å². The summed E-state index contributed by atoms with van der Waals surface area (Å²) >= 11 is 0. The zero-order valence-corrected chi connectivity index (χ0v) is 10.7. The molecule has 0 aliphatic rings. The van der Waals surface area contributed by atoms with E-state index >= 15 is 0 Å². The number of likely N-dealkylation sites (N-methyl/N-ethyl adjacent to an activating group) is 1. The van der Waals surface area contributed by atoms with Gasteiger partial charge in [0.15, 0.2) is 0 Å². The highest BCUT2D eigenvalue weighted by Gasteiger charge is 2.14. The van der Waals surface area contributed by atoms with Gasteiger partial charge in [-0.05, 0) is 6.92 Å². The molecule has 8 heteroatoms. The smallest absolute Gasteiger partial charge is 0.325 e. The Kier molecular flexibility index (Phi) is 5.04. The van der Waals surface area contributed by atoms with E-state index in [0.29, 0.717) is 0 Å². The van der Waals surface area contributed by atoms with Crippen molar-refractivity contribution in [2.24, 2.45) is 0 Å². The predicted octanol–water partition coefficient (Wildman–Crippen LogP) is -1.44. The van der Waals surface area contributed by atoms with Gasteiger partial charge in [0.1, 0.15) is 13.1 Å². The van der Waals surface area contributed by atoms with Crippen molar-refractivity contribution in [2.45, 2.75) is 13.5 Å². The molecule has 1 N–H and O–H groups in total. The van der Waals surface area contributed by atoms with E-state index in [1.54, 1.807) is 6.92 Å². The number of esters is 1. The zero-order valence-electron chi connectivity index (χ0n) is 10.7. The molecule has 1 aromatic rings. The van der Waals surface area contributed by atoms with Gasteiger partial charge in [-0.1, -0.05) is 0 Å². The third-order valence-electron chi connectivity index (χ3n) is 2.28. The molecule has 0 aromatic carbocycles. The molecule has 1 rings (SSSR count). The van der Waals surface area contributed by atoms with Crippen LogP contribution in [0.2, 0.25) is 0 Å². The Morgan fingerprint density at radius 2 is 2.05 bits per heavy atom. The van der Waals surface area contributed by atoms with Gasteiger partial charge in [-0.15, -0.1) is 0 Å². The Labute approximate surface area is 108 Å². The summed E-state index contributed by atoms with van der Waals surface area (Å²) in [5, 5.41) is 2.22. The molecule has 1 amide bonds. The van der Waals surface area contributed by atoms with Gasteiger partial charge in [0, 0.05) is 19.2 Å². The van der Waals surface area contributed by atoms with Crippen molar-refractivity contribution in [3.63, 3.8) is 0 Å². The minimum atomic E-state index is -0.535. The second-order valence-electron chi connectivity index (χ2n) is 3.79. The first-order valence-electron chi connectivity index (χ1n) is 5.63. The lowest BCUT2D eigenvalue weighted by Crippen LogP contribution is -2.39. The average Bonchev–Trinajstić information content (AvgIpc) is 2.34. The first kappa shape index (κ1) is 14.7. The van der Waals surface area contributed by atoms with E-state index in [1.165, 1.54) is 7.05 Å². The van der Waals surface area contributed by atoms with Crippen LogP contribution in [0.25, 0.3) is 0 Å². The van der Waals surface area contributed by atoms with E-state index in [4.69, 9.17) is 4.74 Å². The van der Waals surface area contributed by atoms with Crippen LogP contribution in [-0.4, -0.2) is 46.8 Å². The molecule has 0 aliphatic carbocycles. The minimum Gasteiger partial charge on any atom is -0.465 e. The summed E-state index contributed by atoms with van der Waals surface area (Å²) in [5.74, 6) is -1.02. The van der Waals surface area contributed by atoms with E-state index in [9.17, 15) is 19.2 Å². The number of hydrogen-bond donors (Lipinski definition) is 1. The molecule has 0 atom stereocenters. The van der Waals surface area contributed by atoms with Crippen LogP contribution in [0.4, 0.5) is 0 Å². The summed E-state index contributed by atoms with van der Waals surface area (Å²) in [6, 6.07) is 2.14. The summed E-state index contributed by atoms with van der Waals surface area (Å²) in [6.07, 6.45) is 0. The molecule has 1 aromatic heterocycles. The number of aromatic nitrogens is 2. The molecular formula is C11H15N3O5. The normalized spacial score (nSPS) is 10.0. The fourth-order valence-electron chi connectivity index (χ4n) is 1.32. The number of carbonyl (C=O) groups excluding carboxylic acids is 2. The SMILES string of the molecule is CCOC(=O)CN(C)C(=O)Cn1[nH]c(=O)ccc1=O. The van der Waals surface area contributed by atoms with Crippen LogP contribution in [0, 0.1) is 0 Å². The average molecular weight is 269 g/mol. The van der Waals surface area contributed by atoms with Crippen LogP contribution < -0.4 is 11.1 Å². The Hall–Kier alpha value is -2.38. The van der Waals surface area contributed by atoms with E-state index < -0.39 is 23.0 Å². The van der Waals surface area contributed by atoms with Crippen molar-refractivity contribution in [3.8, 4) is 0 Å². The summed E-state index contributed by atoms with van der Waals surface area (Å²) in [7, 11) is 1.41. The van der Waals surface area contributed by atoms with Crippen molar-refractivity contribution in [1.29, 1.82) is 0 Å². The summed E-state index contributed by atoms with van der Waals surface area (Å²) < 4.78 is 5.58. The van der Waals surface area contributed by atoms with Crippen molar-refractivity contribution in [1.82, 2.24) is 14.7 Å². The number of rotatable bonds is 5. The minimum absolute atomic E-state index is 0.210. The summed E-state index contributed by atoms with van der Waals surface area (Å²) in [5.41, 5.74) is -0.988. The van der Waals surface area contributed by atoms with Crippen molar-refractivity contribution in [3.05, 3.63) is 32.8 Å². The van der Waals surface area contributed by atoms with Gasteiger partial charge in [0.2, 0.25) is 5.91 Å². The topological polar surface area (TPSA) is 101 Å². The fourth-order valence-corrected chi connectivity index (χ4v) is 1.32. The molecule has 0 aliphatic heterocycles. The maximum absolute atomic E-state index is 11.8. The number of amides is 1. The second-order valence-corrected chi connectivity index (χ2v) is 3.79. The Morgan fingerprint density at radius 1 is 1.37 bits per heavy atom. The van der Waals surface area contributed by atoms with Crippen LogP contribution >= 0.6 is 0 Å². The van der Waals surface area contributed by atoms with E-state index in [-0.39, 0.29) is 19.7 Å². The predicted molar refractivity (Wildman–Crippen MR) is 65.6 cm³/mol. The van der Waals surface area contributed by atoms with Crippen LogP contribution in [-0.2, 0) is 20.9 Å². The summed E-state index contributed by atoms with van der Waals surface area (Å²) in [4.78, 5) is 46.5. The van der Waals surface area contributed by atoms with Gasteiger partial charge in [-0.3, -0.25) is 24.3 Å². The Morgan fingerprint density at radius 3 is 2.68 bits per heavy atom. The molecule has 0 spiro atoms. The third kappa shape index (κ3) is 4.41. The van der Waals surface area contributed by atoms with Gasteiger partial charge in [0.25, 0.3) is 11.1 Å². The second kappa shape index (κ2) is 6.53. The number of carbonyl (C=O) groups is 2. The molecule has 0 saturated heterocycles. The largest absolute Gasteiger partial charge is 0.465 e. The van der Waals surface area contributed by atoms with Gasteiger partial charge in [-0.2, -0.15) is 0 Å². The first-order chi connectivity index (χ1) is 8.93. The Balaban J connectivity index is 2.69. The lowest BCUT2D eigenvalue weighted by Gasteiger charge is -2.16. The molecule has 0 fully saturated rings. The lowest BCUT2D eigenvalue weighted by molar-refractivity contribution is -0.148. The highest BCUT2D eigenvalue weighted by atomic mass is 16.5. The Bertz CT molecular complexity index is 574. The molecule has 104 valence electrons. The molecule has 19 heavy (non-hydrogen) atoms. The maximum Gasteiger partial charge on any atom is 0.325 e. The first-order valence-corrected chi connectivity index (χ1v) is 5.63. The molecule has 0 unspecified atom stereocenters. The number of ether oxygens (including phenoxy) is 1. The molecule has 0 bridgehead atoms. The monoisotopic (exact) mass is 269 g/mol. The summed E-state index contributed by atoms with van der Waals surface area (Å²) in [6.45, 7) is 1.34. The number of H-pyrrole nitrogens is 1. The number of nitrogens with one attached hydrogen (secondary N) is 1. The fraction of sp³-hybridized carbons (Fsp3) is 0.455. The van der Waals surface area contributed by atoms with Gasteiger partial charge >= 0.3 is 5.97 Å². The molecule has 0 saturated carbocycles. The highest BCUT2D eigenvalue weighted by Crippen LogP contribution is 1.89. The quantitative estimate of drug-likeness (QED) is 0.659. The van der Waals surface area contributed by atoms with Crippen molar-refractivity contribution < 1.29 is 14.3 Å². The number of nitrogens with zero attached hydrogens (tertiary/aromatic N) is 2. The molecular weight excluding hydrogens is 254 g/mol. The van der Waals surface area contributed by atoms with Crippen molar-refractivity contribution >= 4 is 11.9 Å². The van der Waals surface area contributed by atoms with Crippen LogP contribution in [0.3, 0.4) is 0 Å². The van der Waals surface area contributed by atoms with E-state index in [1.807, 2.05) is 0 Å². The van der Waals surface area contributed by atoms with E-state index in [0.717, 1.165) is 21.7 Å². The van der Waals surface area contributed by atoms with Crippen molar-refractivity contribution in [2.75, 3.05) is 20.2 Å².